The Morgan fingerprint density at radius 3 is 3.21 bits per heavy atom. The second kappa shape index (κ2) is 5.45. The Kier molecular flexibility index (Phi) is 3.68. The minimum absolute atomic E-state index is 0.209. The van der Waals surface area contributed by atoms with Crippen molar-refractivity contribution in [2.75, 3.05) is 13.1 Å². The summed E-state index contributed by atoms with van der Waals surface area (Å²) in [5.41, 5.74) is 1.09. The van der Waals surface area contributed by atoms with E-state index in [0.29, 0.717) is 5.92 Å². The fourth-order valence-electron chi connectivity index (χ4n) is 2.52. The van der Waals surface area contributed by atoms with Crippen LogP contribution in [0.4, 0.5) is 0 Å². The number of hydrogen-bond acceptors (Lipinski definition) is 5. The summed E-state index contributed by atoms with van der Waals surface area (Å²) in [4.78, 5) is 6.97. The van der Waals surface area contributed by atoms with Crippen molar-refractivity contribution in [3.8, 4) is 10.8 Å². The molecule has 2 atom stereocenters. The fourth-order valence-corrected chi connectivity index (χ4v) is 3.30. The van der Waals surface area contributed by atoms with Crippen LogP contribution in [0.2, 0.25) is 0 Å². The molecule has 4 nitrogen and oxygen atoms in total. The van der Waals surface area contributed by atoms with Crippen LogP contribution in [0.5, 0.6) is 0 Å². The van der Waals surface area contributed by atoms with Gasteiger partial charge in [0.05, 0.1) is 18.1 Å². The first-order chi connectivity index (χ1) is 9.22. The molecule has 0 aromatic carbocycles. The number of likely N-dealkylation sites (tertiary alicyclic amines) is 1. The molecule has 3 rings (SSSR count). The largest absolute Gasteiger partial charge is 0.462 e. The highest BCUT2D eigenvalue weighted by molar-refractivity contribution is 7.13. The first-order valence-corrected chi connectivity index (χ1v) is 7.49. The lowest BCUT2D eigenvalue weighted by Crippen LogP contribution is -2.24. The molecular weight excluding hydrogens is 260 g/mol. The van der Waals surface area contributed by atoms with Gasteiger partial charge in [-0.2, -0.15) is 0 Å². The molecule has 2 aromatic rings. The van der Waals surface area contributed by atoms with Gasteiger partial charge in [-0.25, -0.2) is 4.98 Å². The van der Waals surface area contributed by atoms with Crippen molar-refractivity contribution < 1.29 is 9.52 Å². The summed E-state index contributed by atoms with van der Waals surface area (Å²) in [6.45, 7) is 4.75. The van der Waals surface area contributed by atoms with Gasteiger partial charge in [0.15, 0.2) is 10.8 Å². The number of aromatic nitrogens is 1. The molecule has 5 heteroatoms. The molecule has 0 amide bonds. The second-order valence-corrected chi connectivity index (χ2v) is 6.00. The van der Waals surface area contributed by atoms with E-state index >= 15 is 0 Å². The normalized spacial score (nSPS) is 21.9. The Labute approximate surface area is 116 Å². The molecule has 1 aliphatic rings. The van der Waals surface area contributed by atoms with E-state index in [9.17, 15) is 5.11 Å². The fraction of sp³-hybridized carbons (Fsp3) is 0.500. The molecular formula is C14H18N2O2S. The Balaban J connectivity index is 1.62. The van der Waals surface area contributed by atoms with Gasteiger partial charge in [-0.1, -0.05) is 0 Å². The highest BCUT2D eigenvalue weighted by atomic mass is 32.1. The first kappa shape index (κ1) is 12.8. The first-order valence-electron chi connectivity index (χ1n) is 6.61. The monoisotopic (exact) mass is 278 g/mol. The minimum atomic E-state index is -0.209. The second-order valence-electron chi connectivity index (χ2n) is 5.15. The molecule has 0 radical (unpaired) electrons. The highest BCUT2D eigenvalue weighted by Gasteiger charge is 2.26. The predicted molar refractivity (Wildman–Crippen MR) is 74.9 cm³/mol. The van der Waals surface area contributed by atoms with Crippen LogP contribution in [0, 0.1) is 5.92 Å². The molecule has 0 aliphatic carbocycles. The minimum Gasteiger partial charge on any atom is -0.462 e. The maximum Gasteiger partial charge on any atom is 0.162 e. The van der Waals surface area contributed by atoms with Crippen LogP contribution in [-0.4, -0.2) is 34.2 Å². The SMILES string of the molecule is CC(O)C1CCN(Cc2csc(-c3ccco3)n2)C1. The molecule has 3 heterocycles. The van der Waals surface area contributed by atoms with E-state index in [1.807, 2.05) is 19.1 Å². The van der Waals surface area contributed by atoms with E-state index in [-0.39, 0.29) is 6.10 Å². The van der Waals surface area contributed by atoms with Crippen molar-refractivity contribution in [1.82, 2.24) is 9.88 Å². The third-order valence-corrected chi connectivity index (χ3v) is 4.57. The third kappa shape index (κ3) is 2.88. The van der Waals surface area contributed by atoms with Crippen molar-refractivity contribution in [2.24, 2.45) is 5.92 Å². The van der Waals surface area contributed by atoms with E-state index in [1.165, 1.54) is 0 Å². The van der Waals surface area contributed by atoms with E-state index in [2.05, 4.69) is 15.3 Å². The third-order valence-electron chi connectivity index (χ3n) is 3.66. The summed E-state index contributed by atoms with van der Waals surface area (Å²) in [5, 5.41) is 12.6. The summed E-state index contributed by atoms with van der Waals surface area (Å²) in [5.74, 6) is 1.24. The molecule has 1 aliphatic heterocycles. The van der Waals surface area contributed by atoms with Crippen LogP contribution < -0.4 is 0 Å². The summed E-state index contributed by atoms with van der Waals surface area (Å²) < 4.78 is 5.35. The van der Waals surface area contributed by atoms with Crippen LogP contribution >= 0.6 is 11.3 Å². The average Bonchev–Trinajstić information content (AvgIpc) is 3.09. The van der Waals surface area contributed by atoms with Crippen molar-refractivity contribution >= 4 is 11.3 Å². The van der Waals surface area contributed by atoms with Gasteiger partial charge in [0.25, 0.3) is 0 Å². The summed E-state index contributed by atoms with van der Waals surface area (Å²) in [6, 6.07) is 3.81. The standard InChI is InChI=1S/C14H18N2O2S/c1-10(17)11-4-5-16(7-11)8-12-9-19-14(15-12)13-3-2-6-18-13/h2-3,6,9-11,17H,4-5,7-8H2,1H3. The van der Waals surface area contributed by atoms with E-state index < -0.39 is 0 Å². The number of hydrogen-bond donors (Lipinski definition) is 1. The van der Waals surface area contributed by atoms with Crippen molar-refractivity contribution in [2.45, 2.75) is 26.0 Å². The zero-order valence-corrected chi connectivity index (χ0v) is 11.8. The van der Waals surface area contributed by atoms with E-state index in [0.717, 1.165) is 42.5 Å². The topological polar surface area (TPSA) is 49.5 Å². The molecule has 0 spiro atoms. The summed E-state index contributed by atoms with van der Waals surface area (Å²) >= 11 is 1.62. The van der Waals surface area contributed by atoms with Gasteiger partial charge in [-0.15, -0.1) is 11.3 Å². The van der Waals surface area contributed by atoms with Gasteiger partial charge < -0.3 is 9.52 Å². The van der Waals surface area contributed by atoms with Gasteiger partial charge >= 0.3 is 0 Å². The van der Waals surface area contributed by atoms with Gasteiger partial charge in [-0.05, 0) is 37.9 Å². The molecule has 2 aromatic heterocycles. The lowest BCUT2D eigenvalue weighted by atomic mass is 10.0. The van der Waals surface area contributed by atoms with Crippen LogP contribution in [0.1, 0.15) is 19.0 Å². The average molecular weight is 278 g/mol. The quantitative estimate of drug-likeness (QED) is 0.934. The van der Waals surface area contributed by atoms with Gasteiger partial charge in [0, 0.05) is 18.5 Å². The predicted octanol–water partition coefficient (Wildman–Crippen LogP) is 2.61. The molecule has 0 bridgehead atoms. The Bertz CT molecular complexity index is 521. The van der Waals surface area contributed by atoms with Gasteiger partial charge in [-0.3, -0.25) is 4.90 Å². The summed E-state index contributed by atoms with van der Waals surface area (Å²) in [6.07, 6.45) is 2.54. The molecule has 19 heavy (non-hydrogen) atoms. The zero-order valence-electron chi connectivity index (χ0n) is 11.0. The molecule has 0 saturated carbocycles. The van der Waals surface area contributed by atoms with E-state index in [1.54, 1.807) is 17.6 Å². The Hall–Kier alpha value is -1.17. The highest BCUT2D eigenvalue weighted by Crippen LogP contribution is 2.26. The molecule has 1 N–H and O–H groups in total. The number of rotatable bonds is 4. The zero-order chi connectivity index (χ0) is 13.2. The van der Waals surface area contributed by atoms with E-state index in [4.69, 9.17) is 4.42 Å². The lowest BCUT2D eigenvalue weighted by Gasteiger charge is -2.15. The maximum atomic E-state index is 9.61. The smallest absolute Gasteiger partial charge is 0.162 e. The number of thiazole rings is 1. The van der Waals surface area contributed by atoms with Crippen LogP contribution in [0.25, 0.3) is 10.8 Å². The van der Waals surface area contributed by atoms with Crippen LogP contribution in [0.15, 0.2) is 28.2 Å². The van der Waals surface area contributed by atoms with Crippen LogP contribution in [-0.2, 0) is 6.54 Å². The van der Waals surface area contributed by atoms with Gasteiger partial charge in [0.2, 0.25) is 0 Å². The molecule has 1 saturated heterocycles. The molecule has 1 fully saturated rings. The molecule has 102 valence electrons. The molecule has 2 unspecified atom stereocenters. The van der Waals surface area contributed by atoms with Crippen molar-refractivity contribution in [3.05, 3.63) is 29.5 Å². The summed E-state index contributed by atoms with van der Waals surface area (Å²) in [7, 11) is 0. The number of aliphatic hydroxyl groups is 1. The van der Waals surface area contributed by atoms with Crippen LogP contribution in [0.3, 0.4) is 0 Å². The number of furan rings is 1. The Morgan fingerprint density at radius 1 is 1.63 bits per heavy atom. The lowest BCUT2D eigenvalue weighted by molar-refractivity contribution is 0.127. The van der Waals surface area contributed by atoms with Crippen molar-refractivity contribution in [1.29, 1.82) is 0 Å². The number of nitrogens with zero attached hydrogens (tertiary/aromatic N) is 2. The van der Waals surface area contributed by atoms with Gasteiger partial charge in [0.1, 0.15) is 0 Å². The number of aliphatic hydroxyl groups excluding tert-OH is 1. The van der Waals surface area contributed by atoms with Crippen molar-refractivity contribution in [3.63, 3.8) is 0 Å². The Morgan fingerprint density at radius 2 is 2.53 bits per heavy atom. The maximum absolute atomic E-state index is 9.61.